The van der Waals surface area contributed by atoms with Crippen LogP contribution in [0.4, 0.5) is 0 Å². The molecule has 1 aliphatic heterocycles. The molecule has 1 N–H and O–H groups in total. The molecule has 0 unspecified atom stereocenters. The number of benzene rings is 1. The van der Waals surface area contributed by atoms with Crippen molar-refractivity contribution in [3.63, 3.8) is 0 Å². The maximum atomic E-state index is 10.5. The predicted octanol–water partition coefficient (Wildman–Crippen LogP) is 1.37. The average Bonchev–Trinajstić information content (AvgIpc) is 2.14. The first kappa shape index (κ1) is 9.65. The largest absolute Gasteiger partial charge is 0.380 e. The lowest BCUT2D eigenvalue weighted by molar-refractivity contribution is -0.184. The molecule has 0 spiro atoms. The summed E-state index contributed by atoms with van der Waals surface area (Å²) >= 11 is 5.93. The standard InChI is InChI=1S/C10H9ClO3/c11-9-3-7(4-12)1-2-8(9)10(13)5-14-6-10/h1-4,13H,5-6H2. The van der Waals surface area contributed by atoms with E-state index in [9.17, 15) is 9.90 Å². The number of ether oxygens (including phenoxy) is 1. The molecule has 3 nitrogen and oxygen atoms in total. The normalized spacial score (nSPS) is 18.7. The zero-order chi connectivity index (χ0) is 10.2. The Balaban J connectivity index is 2.39. The number of hydrogen-bond donors (Lipinski definition) is 1. The number of carbonyl (C=O) groups is 1. The highest BCUT2D eigenvalue weighted by Crippen LogP contribution is 2.34. The Morgan fingerprint density at radius 2 is 2.21 bits per heavy atom. The fraction of sp³-hybridized carbons (Fsp3) is 0.300. The molecule has 1 saturated heterocycles. The first-order chi connectivity index (χ1) is 6.65. The third-order valence-electron chi connectivity index (χ3n) is 2.31. The molecule has 74 valence electrons. The third-order valence-corrected chi connectivity index (χ3v) is 2.62. The van der Waals surface area contributed by atoms with E-state index in [1.54, 1.807) is 18.2 Å². The Labute approximate surface area is 86.3 Å². The van der Waals surface area contributed by atoms with Gasteiger partial charge in [-0.25, -0.2) is 0 Å². The quantitative estimate of drug-likeness (QED) is 0.754. The molecule has 1 heterocycles. The summed E-state index contributed by atoms with van der Waals surface area (Å²) in [6.45, 7) is 0.514. The monoisotopic (exact) mass is 212 g/mol. The lowest BCUT2D eigenvalue weighted by Crippen LogP contribution is -2.46. The van der Waals surface area contributed by atoms with Gasteiger partial charge in [0.1, 0.15) is 11.9 Å². The van der Waals surface area contributed by atoms with Gasteiger partial charge in [0.05, 0.1) is 13.2 Å². The molecule has 1 aliphatic rings. The van der Waals surface area contributed by atoms with Crippen LogP contribution in [0.2, 0.25) is 5.02 Å². The Morgan fingerprint density at radius 3 is 2.64 bits per heavy atom. The van der Waals surface area contributed by atoms with Gasteiger partial charge in [0, 0.05) is 16.1 Å². The minimum absolute atomic E-state index is 0.257. The molecule has 14 heavy (non-hydrogen) atoms. The van der Waals surface area contributed by atoms with Gasteiger partial charge in [0.2, 0.25) is 0 Å². The lowest BCUT2D eigenvalue weighted by atomic mass is 9.91. The summed E-state index contributed by atoms with van der Waals surface area (Å²) < 4.78 is 4.93. The number of carbonyl (C=O) groups excluding carboxylic acids is 1. The van der Waals surface area contributed by atoms with Gasteiger partial charge in [-0.3, -0.25) is 4.79 Å². The van der Waals surface area contributed by atoms with E-state index in [1.807, 2.05) is 0 Å². The van der Waals surface area contributed by atoms with Crippen LogP contribution in [0.5, 0.6) is 0 Å². The van der Waals surface area contributed by atoms with Gasteiger partial charge < -0.3 is 9.84 Å². The Bertz CT molecular complexity index is 372. The number of aldehydes is 1. The van der Waals surface area contributed by atoms with Gasteiger partial charge in [-0.05, 0) is 6.07 Å². The second kappa shape index (κ2) is 3.35. The average molecular weight is 213 g/mol. The van der Waals surface area contributed by atoms with Crippen LogP contribution in [0.25, 0.3) is 0 Å². The third kappa shape index (κ3) is 1.43. The number of aliphatic hydroxyl groups is 1. The summed E-state index contributed by atoms with van der Waals surface area (Å²) in [4.78, 5) is 10.5. The van der Waals surface area contributed by atoms with Crippen LogP contribution in [0, 0.1) is 0 Å². The van der Waals surface area contributed by atoms with Crippen molar-refractivity contribution in [3.05, 3.63) is 34.3 Å². The topological polar surface area (TPSA) is 46.5 Å². The number of halogens is 1. The first-order valence-corrected chi connectivity index (χ1v) is 4.59. The molecule has 0 aliphatic carbocycles. The van der Waals surface area contributed by atoms with E-state index in [0.29, 0.717) is 16.1 Å². The summed E-state index contributed by atoms with van der Waals surface area (Å²) in [7, 11) is 0. The zero-order valence-corrected chi connectivity index (χ0v) is 8.12. The van der Waals surface area contributed by atoms with Crippen molar-refractivity contribution in [2.45, 2.75) is 5.60 Å². The van der Waals surface area contributed by atoms with E-state index >= 15 is 0 Å². The van der Waals surface area contributed by atoms with Crippen molar-refractivity contribution in [1.29, 1.82) is 0 Å². The van der Waals surface area contributed by atoms with Crippen LogP contribution in [0.1, 0.15) is 15.9 Å². The molecular weight excluding hydrogens is 204 g/mol. The molecule has 0 aromatic heterocycles. The highest BCUT2D eigenvalue weighted by atomic mass is 35.5. The van der Waals surface area contributed by atoms with E-state index in [-0.39, 0.29) is 13.2 Å². The Hall–Kier alpha value is -0.900. The second-order valence-corrected chi connectivity index (χ2v) is 3.79. The Kier molecular flexibility index (Phi) is 2.31. The molecular formula is C10H9ClO3. The molecule has 0 amide bonds. The SMILES string of the molecule is O=Cc1ccc(C2(O)COC2)c(Cl)c1. The predicted molar refractivity (Wildman–Crippen MR) is 51.6 cm³/mol. The molecule has 0 atom stereocenters. The van der Waals surface area contributed by atoms with Gasteiger partial charge in [-0.2, -0.15) is 0 Å². The fourth-order valence-electron chi connectivity index (χ4n) is 1.43. The Morgan fingerprint density at radius 1 is 1.50 bits per heavy atom. The van der Waals surface area contributed by atoms with Gasteiger partial charge >= 0.3 is 0 Å². The van der Waals surface area contributed by atoms with E-state index < -0.39 is 5.60 Å². The molecule has 4 heteroatoms. The van der Waals surface area contributed by atoms with Crippen LogP contribution in [0.15, 0.2) is 18.2 Å². The van der Waals surface area contributed by atoms with Gasteiger partial charge in [0.25, 0.3) is 0 Å². The maximum Gasteiger partial charge on any atom is 0.150 e. The lowest BCUT2D eigenvalue weighted by Gasteiger charge is -2.37. The number of rotatable bonds is 2. The van der Waals surface area contributed by atoms with Crippen LogP contribution < -0.4 is 0 Å². The molecule has 1 aromatic carbocycles. The molecule has 0 saturated carbocycles. The van der Waals surface area contributed by atoms with E-state index in [0.717, 1.165) is 6.29 Å². The summed E-state index contributed by atoms with van der Waals surface area (Å²) in [5.74, 6) is 0. The molecule has 1 aromatic rings. The van der Waals surface area contributed by atoms with Crippen LogP contribution in [0.3, 0.4) is 0 Å². The van der Waals surface area contributed by atoms with Crippen molar-refractivity contribution in [3.8, 4) is 0 Å². The minimum atomic E-state index is -0.974. The molecule has 0 radical (unpaired) electrons. The summed E-state index contributed by atoms with van der Waals surface area (Å²) in [5, 5.41) is 10.3. The summed E-state index contributed by atoms with van der Waals surface area (Å²) in [6.07, 6.45) is 0.719. The van der Waals surface area contributed by atoms with Crippen molar-refractivity contribution in [1.82, 2.24) is 0 Å². The van der Waals surface area contributed by atoms with Crippen LogP contribution in [-0.2, 0) is 10.3 Å². The van der Waals surface area contributed by atoms with Crippen molar-refractivity contribution >= 4 is 17.9 Å². The minimum Gasteiger partial charge on any atom is -0.380 e. The van der Waals surface area contributed by atoms with E-state index in [4.69, 9.17) is 16.3 Å². The van der Waals surface area contributed by atoms with Gasteiger partial charge in [-0.1, -0.05) is 23.7 Å². The van der Waals surface area contributed by atoms with Crippen LogP contribution in [-0.4, -0.2) is 24.6 Å². The van der Waals surface area contributed by atoms with Crippen LogP contribution >= 0.6 is 11.6 Å². The number of hydrogen-bond acceptors (Lipinski definition) is 3. The second-order valence-electron chi connectivity index (χ2n) is 3.38. The first-order valence-electron chi connectivity index (χ1n) is 4.21. The van der Waals surface area contributed by atoms with Gasteiger partial charge in [-0.15, -0.1) is 0 Å². The van der Waals surface area contributed by atoms with Crippen molar-refractivity contribution in [2.75, 3.05) is 13.2 Å². The van der Waals surface area contributed by atoms with Crippen molar-refractivity contribution < 1.29 is 14.6 Å². The van der Waals surface area contributed by atoms with Crippen molar-refractivity contribution in [2.24, 2.45) is 0 Å². The van der Waals surface area contributed by atoms with E-state index in [1.165, 1.54) is 0 Å². The molecule has 1 fully saturated rings. The van der Waals surface area contributed by atoms with E-state index in [2.05, 4.69) is 0 Å². The zero-order valence-electron chi connectivity index (χ0n) is 7.37. The molecule has 0 bridgehead atoms. The smallest absolute Gasteiger partial charge is 0.150 e. The van der Waals surface area contributed by atoms with Gasteiger partial charge in [0.15, 0.2) is 0 Å². The summed E-state index contributed by atoms with van der Waals surface area (Å²) in [6, 6.07) is 4.83. The highest BCUT2D eigenvalue weighted by molar-refractivity contribution is 6.31. The summed E-state index contributed by atoms with van der Waals surface area (Å²) in [5.41, 5.74) is 0.150. The maximum absolute atomic E-state index is 10.5. The highest BCUT2D eigenvalue weighted by Gasteiger charge is 2.39. The molecule has 2 rings (SSSR count). The fourth-order valence-corrected chi connectivity index (χ4v) is 1.80.